The maximum absolute atomic E-state index is 13.2. The van der Waals surface area contributed by atoms with Crippen LogP contribution in [0.25, 0.3) is 11.4 Å². The Hall–Kier alpha value is -3.04. The number of para-hydroxylation sites is 1. The van der Waals surface area contributed by atoms with Gasteiger partial charge in [-0.2, -0.15) is 9.29 Å². The molecule has 1 aliphatic heterocycles. The summed E-state index contributed by atoms with van der Waals surface area (Å²) in [6.07, 6.45) is 2.39. The van der Waals surface area contributed by atoms with E-state index >= 15 is 0 Å². The Morgan fingerprint density at radius 3 is 2.55 bits per heavy atom. The van der Waals surface area contributed by atoms with Crippen LogP contribution in [0.4, 0.5) is 5.69 Å². The van der Waals surface area contributed by atoms with Gasteiger partial charge >= 0.3 is 0 Å². The molecule has 0 atom stereocenters. The first-order valence-electron chi connectivity index (χ1n) is 11.2. The zero-order valence-electron chi connectivity index (χ0n) is 18.8. The van der Waals surface area contributed by atoms with E-state index in [1.54, 1.807) is 24.3 Å². The molecule has 0 saturated carbocycles. The molecular weight excluding hydrogens is 440 g/mol. The van der Waals surface area contributed by atoms with Crippen LogP contribution < -0.4 is 5.32 Å². The Kier molecular flexibility index (Phi) is 6.90. The molecule has 0 bridgehead atoms. The number of hydrogen-bond donors (Lipinski definition) is 1. The van der Waals surface area contributed by atoms with Gasteiger partial charge in [-0.3, -0.25) is 4.79 Å². The van der Waals surface area contributed by atoms with Crippen molar-refractivity contribution in [3.8, 4) is 11.4 Å². The number of piperidine rings is 1. The van der Waals surface area contributed by atoms with E-state index in [1.165, 1.54) is 4.31 Å². The zero-order chi connectivity index (χ0) is 23.4. The SMILES string of the molecule is CCc1nc(-c2cccc(S(=O)(=O)N3CCC(C(=O)Nc4ccccc4CC)CC3)c2)no1. The van der Waals surface area contributed by atoms with E-state index in [0.29, 0.717) is 49.6 Å². The number of amides is 1. The molecule has 1 fully saturated rings. The van der Waals surface area contributed by atoms with Gasteiger partial charge < -0.3 is 9.84 Å². The minimum Gasteiger partial charge on any atom is -0.339 e. The van der Waals surface area contributed by atoms with Crippen molar-refractivity contribution in [2.24, 2.45) is 5.92 Å². The monoisotopic (exact) mass is 468 g/mol. The van der Waals surface area contributed by atoms with E-state index in [9.17, 15) is 13.2 Å². The van der Waals surface area contributed by atoms with Crippen LogP contribution in [0.15, 0.2) is 57.9 Å². The first-order chi connectivity index (χ1) is 15.9. The highest BCUT2D eigenvalue weighted by atomic mass is 32.2. The fraction of sp³-hybridized carbons (Fsp3) is 0.375. The van der Waals surface area contributed by atoms with Gasteiger partial charge in [-0.15, -0.1) is 0 Å². The quantitative estimate of drug-likeness (QED) is 0.564. The van der Waals surface area contributed by atoms with Crippen LogP contribution in [0.2, 0.25) is 0 Å². The lowest BCUT2D eigenvalue weighted by atomic mass is 9.97. The van der Waals surface area contributed by atoms with E-state index in [1.807, 2.05) is 38.1 Å². The summed E-state index contributed by atoms with van der Waals surface area (Å²) in [4.78, 5) is 17.3. The molecule has 2 aromatic carbocycles. The molecule has 0 aliphatic carbocycles. The van der Waals surface area contributed by atoms with Crippen molar-refractivity contribution >= 4 is 21.6 Å². The van der Waals surface area contributed by atoms with Gasteiger partial charge in [0, 0.05) is 36.7 Å². The van der Waals surface area contributed by atoms with Gasteiger partial charge in [0.05, 0.1) is 4.90 Å². The third-order valence-corrected chi connectivity index (χ3v) is 7.88. The molecule has 1 N–H and O–H groups in total. The van der Waals surface area contributed by atoms with Gasteiger partial charge in [-0.1, -0.05) is 49.3 Å². The van der Waals surface area contributed by atoms with Gasteiger partial charge in [-0.05, 0) is 43.0 Å². The van der Waals surface area contributed by atoms with Gasteiger partial charge in [-0.25, -0.2) is 8.42 Å². The largest absolute Gasteiger partial charge is 0.339 e. The molecule has 0 unspecified atom stereocenters. The van der Waals surface area contributed by atoms with Crippen molar-refractivity contribution in [2.45, 2.75) is 44.4 Å². The third-order valence-electron chi connectivity index (χ3n) is 5.98. The number of aryl methyl sites for hydroxylation is 2. The average molecular weight is 469 g/mol. The van der Waals surface area contributed by atoms with Gasteiger partial charge in [0.1, 0.15) is 0 Å². The lowest BCUT2D eigenvalue weighted by Gasteiger charge is -2.30. The smallest absolute Gasteiger partial charge is 0.243 e. The Bertz CT molecular complexity index is 1230. The summed E-state index contributed by atoms with van der Waals surface area (Å²) in [6, 6.07) is 14.3. The summed E-state index contributed by atoms with van der Waals surface area (Å²) < 4.78 is 33.1. The normalized spacial score (nSPS) is 15.5. The van der Waals surface area contributed by atoms with E-state index in [-0.39, 0.29) is 16.7 Å². The standard InChI is InChI=1S/C24H28N4O4S/c1-3-17-8-5-6-11-21(17)25-24(29)18-12-14-28(15-13-18)33(30,31)20-10-7-9-19(16-20)23-26-22(4-2)32-27-23/h5-11,16,18H,3-4,12-15H2,1-2H3,(H,25,29). The summed E-state index contributed by atoms with van der Waals surface area (Å²) in [7, 11) is -3.69. The minimum absolute atomic E-state index is 0.0567. The molecule has 8 nitrogen and oxygen atoms in total. The fourth-order valence-corrected chi connectivity index (χ4v) is 5.52. The molecule has 3 aromatic rings. The van der Waals surface area contributed by atoms with Crippen LogP contribution in [0.5, 0.6) is 0 Å². The molecule has 1 saturated heterocycles. The Labute approximate surface area is 194 Å². The molecule has 2 heterocycles. The number of carbonyl (C=O) groups is 1. The number of hydrogen-bond acceptors (Lipinski definition) is 6. The summed E-state index contributed by atoms with van der Waals surface area (Å²) in [6.45, 7) is 4.54. The second kappa shape index (κ2) is 9.84. The van der Waals surface area contributed by atoms with Gasteiger partial charge in [0.25, 0.3) is 0 Å². The van der Waals surface area contributed by atoms with Crippen LogP contribution in [-0.4, -0.2) is 41.9 Å². The van der Waals surface area contributed by atoms with Crippen LogP contribution in [0.3, 0.4) is 0 Å². The first kappa shape index (κ1) is 23.1. The Morgan fingerprint density at radius 2 is 1.85 bits per heavy atom. The molecule has 33 heavy (non-hydrogen) atoms. The fourth-order valence-electron chi connectivity index (χ4n) is 4.00. The van der Waals surface area contributed by atoms with Gasteiger partial charge in [0.15, 0.2) is 0 Å². The van der Waals surface area contributed by atoms with Crippen LogP contribution in [0.1, 0.15) is 38.1 Å². The Balaban J connectivity index is 1.43. The molecule has 9 heteroatoms. The number of benzene rings is 2. The summed E-state index contributed by atoms with van der Waals surface area (Å²) in [5.41, 5.74) is 2.49. The lowest BCUT2D eigenvalue weighted by Crippen LogP contribution is -2.41. The molecule has 174 valence electrons. The number of nitrogens with one attached hydrogen (secondary N) is 1. The number of carbonyl (C=O) groups excluding carboxylic acids is 1. The summed E-state index contributed by atoms with van der Waals surface area (Å²) in [5, 5.41) is 6.95. The van der Waals surface area contributed by atoms with Crippen molar-refractivity contribution in [1.82, 2.24) is 14.4 Å². The van der Waals surface area contributed by atoms with E-state index in [4.69, 9.17) is 4.52 Å². The molecule has 4 rings (SSSR count). The lowest BCUT2D eigenvalue weighted by molar-refractivity contribution is -0.120. The van der Waals surface area contributed by atoms with E-state index < -0.39 is 10.0 Å². The molecule has 0 radical (unpaired) electrons. The third kappa shape index (κ3) is 4.99. The molecular formula is C24H28N4O4S. The van der Waals surface area contributed by atoms with E-state index in [0.717, 1.165) is 17.7 Å². The number of sulfonamides is 1. The number of aromatic nitrogens is 2. The predicted octanol–water partition coefficient (Wildman–Crippen LogP) is 3.90. The van der Waals surface area contributed by atoms with Crippen molar-refractivity contribution in [3.05, 3.63) is 60.0 Å². The number of nitrogens with zero attached hydrogens (tertiary/aromatic N) is 3. The number of anilines is 1. The highest BCUT2D eigenvalue weighted by Crippen LogP contribution is 2.27. The van der Waals surface area contributed by atoms with E-state index in [2.05, 4.69) is 15.5 Å². The second-order valence-electron chi connectivity index (χ2n) is 8.07. The maximum atomic E-state index is 13.2. The van der Waals surface area contributed by atoms with Crippen molar-refractivity contribution < 1.29 is 17.7 Å². The van der Waals surface area contributed by atoms with Gasteiger partial charge in [0.2, 0.25) is 27.6 Å². The zero-order valence-corrected chi connectivity index (χ0v) is 19.6. The minimum atomic E-state index is -3.69. The maximum Gasteiger partial charge on any atom is 0.243 e. The first-order valence-corrected chi connectivity index (χ1v) is 12.7. The van der Waals surface area contributed by atoms with Crippen molar-refractivity contribution in [2.75, 3.05) is 18.4 Å². The highest BCUT2D eigenvalue weighted by molar-refractivity contribution is 7.89. The second-order valence-corrected chi connectivity index (χ2v) is 10.0. The van der Waals surface area contributed by atoms with Crippen LogP contribution in [0, 0.1) is 5.92 Å². The number of rotatable bonds is 7. The molecule has 0 spiro atoms. The average Bonchev–Trinajstić information content (AvgIpc) is 3.34. The summed E-state index contributed by atoms with van der Waals surface area (Å²) in [5.74, 6) is 0.588. The van der Waals surface area contributed by atoms with Crippen molar-refractivity contribution in [3.63, 3.8) is 0 Å². The van der Waals surface area contributed by atoms with Crippen LogP contribution in [-0.2, 0) is 27.7 Å². The predicted molar refractivity (Wildman–Crippen MR) is 125 cm³/mol. The van der Waals surface area contributed by atoms with Crippen LogP contribution >= 0.6 is 0 Å². The topological polar surface area (TPSA) is 105 Å². The summed E-state index contributed by atoms with van der Waals surface area (Å²) >= 11 is 0. The molecule has 1 amide bonds. The molecule has 1 aliphatic rings. The Morgan fingerprint density at radius 1 is 1.09 bits per heavy atom. The highest BCUT2D eigenvalue weighted by Gasteiger charge is 2.32. The molecule has 1 aromatic heterocycles. The van der Waals surface area contributed by atoms with Crippen molar-refractivity contribution in [1.29, 1.82) is 0 Å².